The summed E-state index contributed by atoms with van der Waals surface area (Å²) in [7, 11) is 2.30. The van der Waals surface area contributed by atoms with Crippen molar-refractivity contribution in [3.63, 3.8) is 0 Å². The topological polar surface area (TPSA) is 15.3 Å². The second-order valence-corrected chi connectivity index (χ2v) is 7.16. The van der Waals surface area contributed by atoms with E-state index in [2.05, 4.69) is 44.3 Å². The van der Waals surface area contributed by atoms with Crippen LogP contribution in [0.25, 0.3) is 0 Å². The molecule has 0 bridgehead atoms. The highest BCUT2D eigenvalue weighted by Crippen LogP contribution is 2.26. The van der Waals surface area contributed by atoms with Crippen molar-refractivity contribution in [3.05, 3.63) is 0 Å². The smallest absolute Gasteiger partial charge is 0.0180 e. The first-order valence-electron chi connectivity index (χ1n) is 7.47. The van der Waals surface area contributed by atoms with Gasteiger partial charge in [-0.25, -0.2) is 0 Å². The molecule has 108 valence electrons. The van der Waals surface area contributed by atoms with Crippen LogP contribution in [0.1, 0.15) is 46.5 Å². The van der Waals surface area contributed by atoms with Gasteiger partial charge in [-0.15, -0.1) is 0 Å². The van der Waals surface area contributed by atoms with E-state index in [1.165, 1.54) is 44.5 Å². The van der Waals surface area contributed by atoms with Gasteiger partial charge in [-0.1, -0.05) is 20.8 Å². The molecule has 0 aliphatic heterocycles. The molecular formula is C15H32N2S. The largest absolute Gasteiger partial charge is 0.313 e. The lowest BCUT2D eigenvalue weighted by molar-refractivity contribution is 0.146. The molecule has 2 nitrogen and oxygen atoms in total. The van der Waals surface area contributed by atoms with Crippen molar-refractivity contribution in [2.75, 3.05) is 32.1 Å². The number of rotatable bonds is 10. The molecule has 18 heavy (non-hydrogen) atoms. The summed E-state index contributed by atoms with van der Waals surface area (Å²) in [5, 5.41) is 3.71. The molecule has 0 heterocycles. The van der Waals surface area contributed by atoms with Gasteiger partial charge in [0.15, 0.2) is 0 Å². The SMILES string of the molecule is CCC(CSC)N(C)CC(C)(CC)CNC1CC1. The summed E-state index contributed by atoms with van der Waals surface area (Å²) in [4.78, 5) is 2.58. The first kappa shape index (κ1) is 16.3. The summed E-state index contributed by atoms with van der Waals surface area (Å²) in [6.45, 7) is 9.46. The van der Waals surface area contributed by atoms with Gasteiger partial charge in [-0.05, 0) is 44.4 Å². The maximum atomic E-state index is 3.71. The molecule has 0 aromatic carbocycles. The zero-order chi connectivity index (χ0) is 13.6. The highest BCUT2D eigenvalue weighted by molar-refractivity contribution is 7.98. The minimum atomic E-state index is 0.420. The van der Waals surface area contributed by atoms with Gasteiger partial charge in [0.1, 0.15) is 0 Å². The van der Waals surface area contributed by atoms with Gasteiger partial charge in [-0.3, -0.25) is 0 Å². The Labute approximate surface area is 118 Å². The van der Waals surface area contributed by atoms with Crippen molar-refractivity contribution in [2.45, 2.75) is 58.5 Å². The average molecular weight is 273 g/mol. The second-order valence-electron chi connectivity index (χ2n) is 6.25. The standard InChI is InChI=1S/C15H32N2S/c1-6-14(10-18-5)17(4)12-15(3,7-2)11-16-13-8-9-13/h13-14,16H,6-12H2,1-5H3. The minimum Gasteiger partial charge on any atom is -0.313 e. The van der Waals surface area contributed by atoms with Crippen LogP contribution in [0.5, 0.6) is 0 Å². The van der Waals surface area contributed by atoms with Crippen molar-refractivity contribution in [3.8, 4) is 0 Å². The zero-order valence-corrected chi connectivity index (χ0v) is 13.8. The molecule has 0 aromatic rings. The van der Waals surface area contributed by atoms with Crippen LogP contribution in [-0.2, 0) is 0 Å². The zero-order valence-electron chi connectivity index (χ0n) is 13.0. The maximum absolute atomic E-state index is 3.71. The molecule has 2 atom stereocenters. The monoisotopic (exact) mass is 272 g/mol. The maximum Gasteiger partial charge on any atom is 0.0180 e. The Morgan fingerprint density at radius 1 is 1.39 bits per heavy atom. The summed E-state index contributed by atoms with van der Waals surface area (Å²) in [5.41, 5.74) is 0.420. The highest BCUT2D eigenvalue weighted by Gasteiger charge is 2.29. The first-order valence-corrected chi connectivity index (χ1v) is 8.86. The van der Waals surface area contributed by atoms with Crippen molar-refractivity contribution in [1.29, 1.82) is 0 Å². The Kier molecular flexibility index (Phi) is 7.04. The summed E-state index contributed by atoms with van der Waals surface area (Å²) in [5.74, 6) is 1.25. The van der Waals surface area contributed by atoms with Crippen LogP contribution in [0.15, 0.2) is 0 Å². The molecule has 3 heteroatoms. The van der Waals surface area contributed by atoms with Crippen molar-refractivity contribution >= 4 is 11.8 Å². The van der Waals surface area contributed by atoms with Crippen LogP contribution >= 0.6 is 11.8 Å². The minimum absolute atomic E-state index is 0.420. The van der Waals surface area contributed by atoms with E-state index in [-0.39, 0.29) is 0 Å². The van der Waals surface area contributed by atoms with E-state index >= 15 is 0 Å². The number of thioether (sulfide) groups is 1. The number of hydrogen-bond donors (Lipinski definition) is 1. The van der Waals surface area contributed by atoms with Crippen molar-refractivity contribution in [2.24, 2.45) is 5.41 Å². The van der Waals surface area contributed by atoms with Gasteiger partial charge in [0.25, 0.3) is 0 Å². The van der Waals surface area contributed by atoms with E-state index < -0.39 is 0 Å². The Bertz CT molecular complexity index is 231. The summed E-state index contributed by atoms with van der Waals surface area (Å²) < 4.78 is 0. The first-order chi connectivity index (χ1) is 8.54. The normalized spacial score (nSPS) is 21.0. The van der Waals surface area contributed by atoms with Crippen LogP contribution in [0.2, 0.25) is 0 Å². The molecule has 0 saturated heterocycles. The summed E-state index contributed by atoms with van der Waals surface area (Å²) in [6.07, 6.45) is 7.50. The van der Waals surface area contributed by atoms with Crippen LogP contribution in [0, 0.1) is 5.41 Å². The van der Waals surface area contributed by atoms with Gasteiger partial charge < -0.3 is 10.2 Å². The van der Waals surface area contributed by atoms with Crippen LogP contribution in [0.4, 0.5) is 0 Å². The van der Waals surface area contributed by atoms with E-state index in [0.29, 0.717) is 5.41 Å². The lowest BCUT2D eigenvalue weighted by atomic mass is 9.86. The van der Waals surface area contributed by atoms with Crippen LogP contribution in [-0.4, -0.2) is 49.1 Å². The lowest BCUT2D eigenvalue weighted by Gasteiger charge is -2.37. The third-order valence-electron chi connectivity index (χ3n) is 4.33. The Morgan fingerprint density at radius 2 is 2.06 bits per heavy atom. The van der Waals surface area contributed by atoms with Gasteiger partial charge in [0.05, 0.1) is 0 Å². The molecule has 1 saturated carbocycles. The highest BCUT2D eigenvalue weighted by atomic mass is 32.2. The molecule has 0 radical (unpaired) electrons. The van der Waals surface area contributed by atoms with Crippen molar-refractivity contribution in [1.82, 2.24) is 10.2 Å². The van der Waals surface area contributed by atoms with Gasteiger partial charge in [0, 0.05) is 30.9 Å². The molecule has 1 aliphatic carbocycles. The van der Waals surface area contributed by atoms with E-state index in [1.54, 1.807) is 0 Å². The molecule has 2 unspecified atom stereocenters. The van der Waals surface area contributed by atoms with E-state index in [0.717, 1.165) is 12.1 Å². The number of nitrogens with one attached hydrogen (secondary N) is 1. The Hall–Kier alpha value is 0.270. The lowest BCUT2D eigenvalue weighted by Crippen LogP contribution is -2.45. The Balaban J connectivity index is 2.42. The van der Waals surface area contributed by atoms with E-state index in [9.17, 15) is 0 Å². The quantitative estimate of drug-likeness (QED) is 0.657. The van der Waals surface area contributed by atoms with Crippen LogP contribution < -0.4 is 5.32 Å². The fourth-order valence-electron chi connectivity index (χ4n) is 2.45. The number of hydrogen-bond acceptors (Lipinski definition) is 3. The molecule has 1 aliphatic rings. The van der Waals surface area contributed by atoms with Crippen molar-refractivity contribution < 1.29 is 0 Å². The molecule has 1 N–H and O–H groups in total. The second kappa shape index (κ2) is 7.76. The summed E-state index contributed by atoms with van der Waals surface area (Å²) in [6, 6.07) is 1.56. The van der Waals surface area contributed by atoms with Gasteiger partial charge in [0.2, 0.25) is 0 Å². The third-order valence-corrected chi connectivity index (χ3v) is 5.05. The fourth-order valence-corrected chi connectivity index (χ4v) is 3.33. The predicted molar refractivity (Wildman–Crippen MR) is 84.5 cm³/mol. The van der Waals surface area contributed by atoms with Gasteiger partial charge in [-0.2, -0.15) is 11.8 Å². The Morgan fingerprint density at radius 3 is 2.50 bits per heavy atom. The molecule has 0 spiro atoms. The predicted octanol–water partition coefficient (Wildman–Crippen LogP) is 3.23. The number of nitrogens with zero attached hydrogens (tertiary/aromatic N) is 1. The molecule has 1 fully saturated rings. The fraction of sp³-hybridized carbons (Fsp3) is 1.00. The molecule has 0 amide bonds. The van der Waals surface area contributed by atoms with Gasteiger partial charge >= 0.3 is 0 Å². The van der Waals surface area contributed by atoms with E-state index in [4.69, 9.17) is 0 Å². The molecular weight excluding hydrogens is 240 g/mol. The molecule has 0 aromatic heterocycles. The average Bonchev–Trinajstić information content (AvgIpc) is 3.17. The van der Waals surface area contributed by atoms with E-state index in [1.807, 2.05) is 11.8 Å². The molecule has 1 rings (SSSR count). The third kappa shape index (κ3) is 5.50. The van der Waals surface area contributed by atoms with Crippen LogP contribution in [0.3, 0.4) is 0 Å². The summed E-state index contributed by atoms with van der Waals surface area (Å²) >= 11 is 1.97.